The topological polar surface area (TPSA) is 156 Å². The molecule has 0 aromatic heterocycles. The smallest absolute Gasteiger partial charge is 0.228 e. The molecule has 0 aliphatic carbocycles. The molecule has 10 nitrogen and oxygen atoms in total. The second kappa shape index (κ2) is 19.6. The lowest BCUT2D eigenvalue weighted by Gasteiger charge is -2.24. The zero-order valence-corrected chi connectivity index (χ0v) is 35.8. The van der Waals surface area contributed by atoms with Crippen molar-refractivity contribution in [3.63, 3.8) is 0 Å². The quantitative estimate of drug-likeness (QED) is 0.0950. The molecule has 6 aromatic rings. The average Bonchev–Trinajstić information content (AvgIpc) is 3.28. The molecule has 14 heteroatoms. The maximum atomic E-state index is 14.8. The molecule has 0 aliphatic rings. The summed E-state index contributed by atoms with van der Waals surface area (Å²) in [7, 11) is -14.3. The van der Waals surface area contributed by atoms with Gasteiger partial charge in [-0.05, 0) is 0 Å². The predicted molar refractivity (Wildman–Crippen MR) is 241 cm³/mol. The van der Waals surface area contributed by atoms with Crippen LogP contribution in [0.3, 0.4) is 0 Å². The first-order valence-electron chi connectivity index (χ1n) is 18.9. The van der Waals surface area contributed by atoms with E-state index in [9.17, 15) is 32.6 Å². The third kappa shape index (κ3) is 10.8. The van der Waals surface area contributed by atoms with Crippen LogP contribution in [0, 0.1) is 0 Å². The van der Waals surface area contributed by atoms with Gasteiger partial charge in [0.15, 0.2) is 21.4 Å². The Morgan fingerprint density at radius 2 is 0.475 bits per heavy atom. The minimum atomic E-state index is -3.77. The zero-order chi connectivity index (χ0) is 41.8. The van der Waals surface area contributed by atoms with E-state index in [0.717, 1.165) is 0 Å². The summed E-state index contributed by atoms with van der Waals surface area (Å²) < 4.78 is 58.6. The number of nitrogens with one attached hydrogen (secondary N) is 3. The van der Waals surface area contributed by atoms with E-state index in [1.807, 2.05) is 0 Å². The van der Waals surface area contributed by atoms with E-state index in [4.69, 9.17) is 0 Å². The van der Waals surface area contributed by atoms with Crippen LogP contribution in [-0.4, -0.2) is 55.1 Å². The first-order chi connectivity index (χ1) is 28.4. The lowest BCUT2D eigenvalue weighted by Crippen LogP contribution is -2.38. The van der Waals surface area contributed by atoms with Gasteiger partial charge in [-0.15, -0.1) is 0 Å². The van der Waals surface area contributed by atoms with Gasteiger partial charge in [0.25, 0.3) is 0 Å². The van der Waals surface area contributed by atoms with Crippen molar-refractivity contribution >= 4 is 78.1 Å². The molecule has 0 aliphatic heterocycles. The summed E-state index contributed by atoms with van der Waals surface area (Å²) in [5.74, 6) is -1.93. The number of benzene rings is 6. The van der Waals surface area contributed by atoms with Crippen molar-refractivity contribution in [3.05, 3.63) is 182 Å². The van der Waals surface area contributed by atoms with E-state index in [2.05, 4.69) is 16.0 Å². The van der Waals surface area contributed by atoms with Gasteiger partial charge >= 0.3 is 0 Å². The highest BCUT2D eigenvalue weighted by Crippen LogP contribution is 2.47. The molecule has 0 saturated carbocycles. The number of carbonyl (C=O) groups is 3. The molecule has 3 amide bonds. The van der Waals surface area contributed by atoms with Crippen LogP contribution in [0.2, 0.25) is 0 Å². The van der Waals surface area contributed by atoms with Crippen molar-refractivity contribution in [1.82, 2.24) is 16.0 Å². The summed E-state index contributed by atoms with van der Waals surface area (Å²) in [6.07, 6.45) is -2.68. The zero-order valence-electron chi connectivity index (χ0n) is 32.2. The fourth-order valence-corrected chi connectivity index (χ4v) is 15.8. The third-order valence-electron chi connectivity index (χ3n) is 9.83. The Morgan fingerprint density at radius 1 is 0.305 bits per heavy atom. The van der Waals surface area contributed by atoms with Gasteiger partial charge in [0.05, 0.1) is 37.3 Å². The Balaban J connectivity index is 1.23. The average molecular weight is 864 g/mol. The predicted octanol–water partition coefficient (Wildman–Crippen LogP) is 5.61. The molecule has 0 spiro atoms. The minimum absolute atomic E-state index is 0.422. The standard InChI is InChI=1S/C45H45N3O7P4/c49-43(31-57(53,37-19-7-1-8-20-37)38-21-9-2-10-22-38)46-34-56(52,35-47-44(50)32-58(54,39-23-11-3-12-24-39)40-25-13-4-14-26-40)36-48-45(51)33-59(55,41-27-15-5-16-28-41)42-29-17-6-18-30-42/h1-30H,31-36H2,(H,46,49)(H,47,50)(H,48,51). The van der Waals surface area contributed by atoms with Crippen LogP contribution in [-0.2, 0) is 32.6 Å². The number of hydrogen-bond acceptors (Lipinski definition) is 7. The summed E-state index contributed by atoms with van der Waals surface area (Å²) in [6.45, 7) is 0. The molecule has 0 bridgehead atoms. The van der Waals surface area contributed by atoms with Crippen LogP contribution >= 0.6 is 28.6 Å². The van der Waals surface area contributed by atoms with Gasteiger partial charge in [0, 0.05) is 31.8 Å². The van der Waals surface area contributed by atoms with Gasteiger partial charge in [0.1, 0.15) is 7.14 Å². The Bertz CT molecular complexity index is 2130. The first kappa shape index (κ1) is 43.2. The highest BCUT2D eigenvalue weighted by atomic mass is 31.2. The van der Waals surface area contributed by atoms with Gasteiger partial charge < -0.3 is 34.2 Å². The highest BCUT2D eigenvalue weighted by molar-refractivity contribution is 7.80. The summed E-state index contributed by atoms with van der Waals surface area (Å²) in [6, 6.07) is 52.0. The van der Waals surface area contributed by atoms with Crippen LogP contribution in [0.5, 0.6) is 0 Å². The first-order valence-corrected chi connectivity index (χ1v) is 26.9. The number of hydrogen-bond donors (Lipinski definition) is 3. The Kier molecular flexibility index (Phi) is 14.4. The van der Waals surface area contributed by atoms with Crippen LogP contribution < -0.4 is 47.8 Å². The molecule has 59 heavy (non-hydrogen) atoms. The van der Waals surface area contributed by atoms with Crippen molar-refractivity contribution in [3.8, 4) is 0 Å². The lowest BCUT2D eigenvalue weighted by atomic mass is 10.4. The van der Waals surface area contributed by atoms with Crippen LogP contribution in [0.4, 0.5) is 0 Å². The lowest BCUT2D eigenvalue weighted by molar-refractivity contribution is -0.119. The van der Waals surface area contributed by atoms with E-state index in [0.29, 0.717) is 31.8 Å². The number of carbonyl (C=O) groups excluding carboxylic acids is 3. The third-order valence-corrected chi connectivity index (χ3v) is 21.0. The molecule has 0 atom stereocenters. The molecule has 0 radical (unpaired) electrons. The second-order valence-electron chi connectivity index (χ2n) is 14.0. The summed E-state index contributed by atoms with van der Waals surface area (Å²) in [5, 5.41) is 10.9. The van der Waals surface area contributed by atoms with Crippen LogP contribution in [0.1, 0.15) is 0 Å². The van der Waals surface area contributed by atoms with Crippen LogP contribution in [0.15, 0.2) is 182 Å². The molecular weight excluding hydrogens is 818 g/mol. The van der Waals surface area contributed by atoms with Crippen molar-refractivity contribution in [1.29, 1.82) is 0 Å². The maximum Gasteiger partial charge on any atom is 0.228 e. The SMILES string of the molecule is O=C(CP(=O)(c1ccccc1)c1ccccc1)NCP(=O)(CNC(=O)CP(=O)(c1ccccc1)c1ccccc1)CNC(=O)CP(=O)(c1ccccc1)c1ccccc1. The van der Waals surface area contributed by atoms with E-state index in [-0.39, 0.29) is 0 Å². The Hall–Kier alpha value is -5.35. The minimum Gasteiger partial charge on any atom is -0.349 e. The molecule has 3 N–H and O–H groups in total. The molecule has 0 heterocycles. The second-order valence-corrected chi connectivity index (χ2v) is 25.6. The molecule has 0 fully saturated rings. The molecule has 0 unspecified atom stereocenters. The van der Waals surface area contributed by atoms with Gasteiger partial charge in [0.2, 0.25) is 17.7 Å². The van der Waals surface area contributed by atoms with Crippen molar-refractivity contribution in [2.45, 2.75) is 0 Å². The monoisotopic (exact) mass is 863 g/mol. The summed E-state index contributed by atoms with van der Waals surface area (Å²) in [4.78, 5) is 41.0. The molecule has 6 aromatic carbocycles. The number of amides is 3. The molecule has 6 rings (SSSR count). The maximum absolute atomic E-state index is 14.8. The van der Waals surface area contributed by atoms with Crippen LogP contribution in [0.25, 0.3) is 0 Å². The Labute approximate surface area is 344 Å². The van der Waals surface area contributed by atoms with Gasteiger partial charge in [-0.2, -0.15) is 0 Å². The van der Waals surface area contributed by atoms with Crippen molar-refractivity contribution in [2.75, 3.05) is 37.3 Å². The normalized spacial score (nSPS) is 11.9. The van der Waals surface area contributed by atoms with Gasteiger partial charge in [-0.25, -0.2) is 0 Å². The molecule has 302 valence electrons. The van der Waals surface area contributed by atoms with Gasteiger partial charge in [-0.3, -0.25) is 14.4 Å². The fourth-order valence-electron chi connectivity index (χ4n) is 6.65. The molecular formula is C45H45N3O7P4. The molecule has 0 saturated heterocycles. The summed E-state index contributed by atoms with van der Waals surface area (Å²) in [5.41, 5.74) is 0. The fraction of sp³-hybridized carbons (Fsp3) is 0.133. The van der Waals surface area contributed by atoms with E-state index in [1.165, 1.54) is 0 Å². The Morgan fingerprint density at radius 3 is 0.644 bits per heavy atom. The van der Waals surface area contributed by atoms with E-state index >= 15 is 0 Å². The van der Waals surface area contributed by atoms with E-state index < -0.39 is 83.6 Å². The van der Waals surface area contributed by atoms with E-state index in [1.54, 1.807) is 182 Å². The van der Waals surface area contributed by atoms with Crippen molar-refractivity contribution < 1.29 is 32.6 Å². The number of rotatable bonds is 18. The van der Waals surface area contributed by atoms with Gasteiger partial charge in [-0.1, -0.05) is 182 Å². The highest BCUT2D eigenvalue weighted by Gasteiger charge is 2.35. The largest absolute Gasteiger partial charge is 0.349 e. The summed E-state index contributed by atoms with van der Waals surface area (Å²) >= 11 is 0. The van der Waals surface area contributed by atoms with Crippen molar-refractivity contribution in [2.24, 2.45) is 0 Å².